The third-order valence-electron chi connectivity index (χ3n) is 5.19. The third kappa shape index (κ3) is 4.86. The number of carbonyl (C=O) groups excluding carboxylic acids is 1. The number of hydrogen-bond donors (Lipinski definition) is 0. The number of halogens is 3. The smallest absolute Gasteiger partial charge is 0.285 e. The van der Waals surface area contributed by atoms with Gasteiger partial charge in [0.25, 0.3) is 0 Å². The topological polar surface area (TPSA) is 32.7 Å². The van der Waals surface area contributed by atoms with Crippen LogP contribution in [0.2, 0.25) is 0 Å². The van der Waals surface area contributed by atoms with E-state index in [0.29, 0.717) is 23.3 Å². The van der Waals surface area contributed by atoms with Crippen LogP contribution in [0.25, 0.3) is 0 Å². The molecule has 27 heavy (non-hydrogen) atoms. The Labute approximate surface area is 162 Å². The molecule has 1 amide bonds. The number of thioether (sulfide) groups is 1. The predicted octanol–water partition coefficient (Wildman–Crippen LogP) is 6.02. The van der Waals surface area contributed by atoms with Crippen molar-refractivity contribution in [3.8, 4) is 0 Å². The molecular weight excluding hydrogens is 373 g/mol. The summed E-state index contributed by atoms with van der Waals surface area (Å²) in [6.07, 6.45) is 1.81. The maximum Gasteiger partial charge on any atom is 0.416 e. The lowest BCUT2D eigenvalue weighted by molar-refractivity contribution is -0.137. The SMILES string of the molecule is CC1(C)CSC(=Nc2cccc(C(F)(F)F)c2)N1C(=O)CC1CCCCC1. The molecule has 1 aliphatic carbocycles. The molecule has 1 saturated carbocycles. The van der Waals surface area contributed by atoms with E-state index in [9.17, 15) is 18.0 Å². The van der Waals surface area contributed by atoms with Crippen LogP contribution in [0.1, 0.15) is 57.9 Å². The molecule has 0 aromatic heterocycles. The highest BCUT2D eigenvalue weighted by molar-refractivity contribution is 8.14. The van der Waals surface area contributed by atoms with Crippen molar-refractivity contribution in [1.82, 2.24) is 4.90 Å². The van der Waals surface area contributed by atoms with Crippen molar-refractivity contribution < 1.29 is 18.0 Å². The van der Waals surface area contributed by atoms with Gasteiger partial charge in [0.15, 0.2) is 5.17 Å². The van der Waals surface area contributed by atoms with Crippen LogP contribution in [0, 0.1) is 5.92 Å². The van der Waals surface area contributed by atoms with Crippen molar-refractivity contribution in [2.45, 2.75) is 64.1 Å². The van der Waals surface area contributed by atoms with E-state index in [1.54, 1.807) is 4.90 Å². The zero-order valence-electron chi connectivity index (χ0n) is 15.7. The van der Waals surface area contributed by atoms with Crippen molar-refractivity contribution in [2.75, 3.05) is 5.75 Å². The van der Waals surface area contributed by atoms with E-state index in [4.69, 9.17) is 0 Å². The molecule has 0 spiro atoms. The van der Waals surface area contributed by atoms with Crippen LogP contribution in [0.5, 0.6) is 0 Å². The minimum atomic E-state index is -4.41. The summed E-state index contributed by atoms with van der Waals surface area (Å²) in [7, 11) is 0. The van der Waals surface area contributed by atoms with Crippen LogP contribution in [-0.4, -0.2) is 27.3 Å². The van der Waals surface area contributed by atoms with Gasteiger partial charge in [-0.05, 0) is 50.8 Å². The van der Waals surface area contributed by atoms with Gasteiger partial charge < -0.3 is 0 Å². The molecule has 1 aromatic carbocycles. The standard InChI is InChI=1S/C20H25F3N2OS/c1-19(2)13-27-18(24-16-10-6-9-15(12-16)20(21,22)23)25(19)17(26)11-14-7-4-3-5-8-14/h6,9-10,12,14H,3-5,7-8,11,13H2,1-2H3. The molecule has 1 heterocycles. The van der Waals surface area contributed by atoms with Crippen LogP contribution in [0.15, 0.2) is 29.3 Å². The zero-order valence-corrected chi connectivity index (χ0v) is 16.5. The molecule has 7 heteroatoms. The summed E-state index contributed by atoms with van der Waals surface area (Å²) in [4.78, 5) is 19.1. The minimum Gasteiger partial charge on any atom is -0.285 e. The van der Waals surface area contributed by atoms with E-state index in [1.165, 1.54) is 43.2 Å². The molecule has 3 nitrogen and oxygen atoms in total. The summed E-state index contributed by atoms with van der Waals surface area (Å²) in [5, 5.41) is 0.500. The van der Waals surface area contributed by atoms with Gasteiger partial charge in [0.2, 0.25) is 5.91 Å². The predicted molar refractivity (Wildman–Crippen MR) is 103 cm³/mol. The van der Waals surface area contributed by atoms with Crippen LogP contribution in [-0.2, 0) is 11.0 Å². The number of aliphatic imine (C=N–C) groups is 1. The number of nitrogens with zero attached hydrogens (tertiary/aromatic N) is 2. The lowest BCUT2D eigenvalue weighted by Crippen LogP contribution is -2.47. The summed E-state index contributed by atoms with van der Waals surface area (Å²) in [5.74, 6) is 1.12. The normalized spacial score (nSPS) is 22.4. The summed E-state index contributed by atoms with van der Waals surface area (Å²) >= 11 is 1.43. The molecule has 1 aliphatic heterocycles. The van der Waals surface area contributed by atoms with Gasteiger partial charge in [-0.15, -0.1) is 0 Å². The van der Waals surface area contributed by atoms with Crippen molar-refractivity contribution >= 4 is 28.5 Å². The zero-order chi connectivity index (χ0) is 19.7. The van der Waals surface area contributed by atoms with Crippen molar-refractivity contribution in [1.29, 1.82) is 0 Å². The van der Waals surface area contributed by atoms with Crippen molar-refractivity contribution in [3.63, 3.8) is 0 Å². The Balaban J connectivity index is 1.83. The maximum atomic E-state index is 13.0. The molecule has 0 atom stereocenters. The van der Waals surface area contributed by atoms with Crippen molar-refractivity contribution in [3.05, 3.63) is 29.8 Å². The van der Waals surface area contributed by atoms with Gasteiger partial charge in [-0.3, -0.25) is 9.69 Å². The quantitative estimate of drug-likeness (QED) is 0.624. The second kappa shape index (κ2) is 7.86. The van der Waals surface area contributed by atoms with E-state index < -0.39 is 17.3 Å². The summed E-state index contributed by atoms with van der Waals surface area (Å²) < 4.78 is 38.9. The Morgan fingerprint density at radius 2 is 1.96 bits per heavy atom. The van der Waals surface area contributed by atoms with Crippen molar-refractivity contribution in [2.24, 2.45) is 10.9 Å². The molecule has 2 aliphatic rings. The fraction of sp³-hybridized carbons (Fsp3) is 0.600. The van der Waals surface area contributed by atoms with Gasteiger partial charge in [-0.25, -0.2) is 4.99 Å². The number of benzene rings is 1. The second-order valence-electron chi connectivity index (χ2n) is 7.98. The van der Waals surface area contributed by atoms with E-state index in [2.05, 4.69) is 4.99 Å². The van der Waals surface area contributed by atoms with Gasteiger partial charge in [0, 0.05) is 12.2 Å². The fourth-order valence-corrected chi connectivity index (χ4v) is 5.01. The molecular formula is C20H25F3N2OS. The third-order valence-corrected chi connectivity index (χ3v) is 6.57. The van der Waals surface area contributed by atoms with Crippen LogP contribution < -0.4 is 0 Å². The Bertz CT molecular complexity index is 724. The number of alkyl halides is 3. The number of amidine groups is 1. The Hall–Kier alpha value is -1.50. The van der Waals surface area contributed by atoms with Crippen LogP contribution >= 0.6 is 11.8 Å². The van der Waals surface area contributed by atoms with Crippen LogP contribution in [0.4, 0.5) is 18.9 Å². The number of rotatable bonds is 3. The highest BCUT2D eigenvalue weighted by Gasteiger charge is 2.41. The first-order chi connectivity index (χ1) is 12.7. The van der Waals surface area contributed by atoms with Crippen LogP contribution in [0.3, 0.4) is 0 Å². The highest BCUT2D eigenvalue weighted by atomic mass is 32.2. The Kier molecular flexibility index (Phi) is 5.89. The maximum absolute atomic E-state index is 13.0. The van der Waals surface area contributed by atoms with Gasteiger partial charge in [0.1, 0.15) is 0 Å². The fourth-order valence-electron chi connectivity index (χ4n) is 3.75. The lowest BCUT2D eigenvalue weighted by atomic mass is 9.86. The molecule has 0 N–H and O–H groups in total. The molecule has 1 aromatic rings. The van der Waals surface area contributed by atoms with Gasteiger partial charge in [-0.2, -0.15) is 13.2 Å². The molecule has 0 unspecified atom stereocenters. The number of carbonyl (C=O) groups is 1. The molecule has 0 radical (unpaired) electrons. The first-order valence-corrected chi connectivity index (χ1v) is 10.4. The Morgan fingerprint density at radius 1 is 1.26 bits per heavy atom. The lowest BCUT2D eigenvalue weighted by Gasteiger charge is -2.32. The second-order valence-corrected chi connectivity index (χ2v) is 8.92. The minimum absolute atomic E-state index is 0.0302. The van der Waals surface area contributed by atoms with E-state index in [-0.39, 0.29) is 11.6 Å². The van der Waals surface area contributed by atoms with Gasteiger partial charge >= 0.3 is 6.18 Å². The monoisotopic (exact) mass is 398 g/mol. The summed E-state index contributed by atoms with van der Waals surface area (Å²) in [6.45, 7) is 3.96. The largest absolute Gasteiger partial charge is 0.416 e. The van der Waals surface area contributed by atoms with E-state index >= 15 is 0 Å². The summed E-state index contributed by atoms with van der Waals surface area (Å²) in [5.41, 5.74) is -0.899. The molecule has 2 fully saturated rings. The Morgan fingerprint density at radius 3 is 2.63 bits per heavy atom. The highest BCUT2D eigenvalue weighted by Crippen LogP contribution is 2.37. The molecule has 0 bridgehead atoms. The first kappa shape index (κ1) is 20.2. The van der Waals surface area contributed by atoms with E-state index in [0.717, 1.165) is 25.0 Å². The number of amides is 1. The molecule has 3 rings (SSSR count). The molecule has 1 saturated heterocycles. The van der Waals surface area contributed by atoms with E-state index in [1.807, 2.05) is 13.8 Å². The van der Waals surface area contributed by atoms with Gasteiger partial charge in [0.05, 0.1) is 16.8 Å². The average molecular weight is 398 g/mol. The molecule has 148 valence electrons. The first-order valence-electron chi connectivity index (χ1n) is 9.39. The van der Waals surface area contributed by atoms with Gasteiger partial charge in [-0.1, -0.05) is 37.1 Å². The summed E-state index contributed by atoms with van der Waals surface area (Å²) in [6, 6.07) is 4.95. The number of hydrogen-bond acceptors (Lipinski definition) is 3. The average Bonchev–Trinajstić information content (AvgIpc) is 2.89.